The minimum Gasteiger partial charge on any atom is -0.349 e. The number of rotatable bonds is 4. The van der Waals surface area contributed by atoms with E-state index in [0.29, 0.717) is 0 Å². The number of hydrogen-bond acceptors (Lipinski definition) is 2. The van der Waals surface area contributed by atoms with Crippen LogP contribution < -0.4 is 5.32 Å². The maximum Gasteiger partial charge on any atom is 0.252 e. The van der Waals surface area contributed by atoms with E-state index in [-0.39, 0.29) is 17.4 Å². The lowest BCUT2D eigenvalue weighted by atomic mass is 9.85. The zero-order valence-corrected chi connectivity index (χ0v) is 14.2. The van der Waals surface area contributed by atoms with Crippen molar-refractivity contribution in [1.82, 2.24) is 5.32 Å². The third-order valence-corrected chi connectivity index (χ3v) is 4.54. The van der Waals surface area contributed by atoms with E-state index in [1.807, 2.05) is 11.4 Å². The summed E-state index contributed by atoms with van der Waals surface area (Å²) in [5.74, 6) is 0.00725. The van der Waals surface area contributed by atoms with Crippen molar-refractivity contribution in [2.45, 2.75) is 33.2 Å². The first kappa shape index (κ1) is 15.2. The number of hydrogen-bond donors (Lipinski definition) is 1. The van der Waals surface area contributed by atoms with Gasteiger partial charge < -0.3 is 5.32 Å². The van der Waals surface area contributed by atoms with E-state index in [0.717, 1.165) is 21.1 Å². The zero-order valence-electron chi connectivity index (χ0n) is 10.2. The van der Waals surface area contributed by atoms with Gasteiger partial charge in [-0.2, -0.15) is 0 Å². The number of halogens is 2. The summed E-state index contributed by atoms with van der Waals surface area (Å²) in [4.78, 5) is 12.0. The molecule has 17 heavy (non-hydrogen) atoms. The minimum absolute atomic E-state index is 0.00725. The highest BCUT2D eigenvalue weighted by atomic mass is 79.9. The number of carbonyl (C=O) groups is 1. The van der Waals surface area contributed by atoms with Crippen LogP contribution in [0.4, 0.5) is 0 Å². The fraction of sp³-hybridized carbons (Fsp3) is 0.583. The number of thiophene rings is 1. The van der Waals surface area contributed by atoms with Gasteiger partial charge in [0, 0.05) is 16.8 Å². The second-order valence-corrected chi connectivity index (χ2v) is 8.09. The highest BCUT2D eigenvalue weighted by Crippen LogP contribution is 2.24. The van der Waals surface area contributed by atoms with Crippen LogP contribution in [0.25, 0.3) is 0 Å². The van der Waals surface area contributed by atoms with Gasteiger partial charge in [0.25, 0.3) is 5.91 Å². The molecule has 1 N–H and O–H groups in total. The Morgan fingerprint density at radius 1 is 1.53 bits per heavy atom. The van der Waals surface area contributed by atoms with Gasteiger partial charge in [-0.15, -0.1) is 11.3 Å². The van der Waals surface area contributed by atoms with E-state index in [2.05, 4.69) is 57.9 Å². The first-order chi connectivity index (χ1) is 7.84. The summed E-state index contributed by atoms with van der Waals surface area (Å²) in [6.45, 7) is 6.43. The van der Waals surface area contributed by atoms with Crippen molar-refractivity contribution in [3.63, 3.8) is 0 Å². The molecule has 0 saturated carbocycles. The largest absolute Gasteiger partial charge is 0.349 e. The van der Waals surface area contributed by atoms with Crippen LogP contribution in [-0.2, 0) is 0 Å². The Morgan fingerprint density at radius 3 is 2.59 bits per heavy atom. The molecule has 0 aliphatic rings. The number of amides is 1. The molecule has 0 saturated heterocycles. The predicted octanol–water partition coefficient (Wildman–Crippen LogP) is 4.44. The Balaban J connectivity index is 2.71. The second kappa shape index (κ2) is 6.34. The molecule has 0 radical (unpaired) electrons. The monoisotopic (exact) mass is 381 g/mol. The van der Waals surface area contributed by atoms with Crippen molar-refractivity contribution in [2.24, 2.45) is 5.41 Å². The van der Waals surface area contributed by atoms with Crippen molar-refractivity contribution in [3.05, 3.63) is 20.8 Å². The molecule has 96 valence electrons. The van der Waals surface area contributed by atoms with Gasteiger partial charge in [0.15, 0.2) is 0 Å². The maximum atomic E-state index is 12.0. The predicted molar refractivity (Wildman–Crippen MR) is 81.1 cm³/mol. The van der Waals surface area contributed by atoms with Crippen LogP contribution in [0.3, 0.4) is 0 Å². The molecular formula is C12H17Br2NOS. The zero-order chi connectivity index (χ0) is 13.1. The van der Waals surface area contributed by atoms with Crippen molar-refractivity contribution in [2.75, 3.05) is 5.33 Å². The second-order valence-electron chi connectivity index (χ2n) is 5.01. The van der Waals surface area contributed by atoms with Crippen molar-refractivity contribution >= 4 is 49.1 Å². The van der Waals surface area contributed by atoms with Gasteiger partial charge in [0.1, 0.15) is 0 Å². The highest BCUT2D eigenvalue weighted by Gasteiger charge is 2.26. The first-order valence-corrected chi connectivity index (χ1v) is 8.25. The maximum absolute atomic E-state index is 12.0. The Bertz CT molecular complexity index is 384. The Labute approximate surface area is 123 Å². The molecule has 1 atom stereocenters. The third kappa shape index (κ3) is 4.72. The van der Waals surface area contributed by atoms with Gasteiger partial charge in [-0.1, -0.05) is 36.7 Å². The van der Waals surface area contributed by atoms with E-state index in [1.165, 1.54) is 11.3 Å². The van der Waals surface area contributed by atoms with E-state index in [9.17, 15) is 4.79 Å². The van der Waals surface area contributed by atoms with E-state index >= 15 is 0 Å². The molecule has 2 nitrogen and oxygen atoms in total. The average molecular weight is 383 g/mol. The molecule has 1 unspecified atom stereocenters. The van der Waals surface area contributed by atoms with Gasteiger partial charge in [-0.05, 0) is 33.8 Å². The standard InChI is InChI=1S/C12H17Br2NOS/c1-12(2,3)9(4-5-13)15-11(16)8-6-10(14)17-7-8/h6-7,9H,4-5H2,1-3H3,(H,15,16). The van der Waals surface area contributed by atoms with Crippen LogP contribution in [0.2, 0.25) is 0 Å². The summed E-state index contributed by atoms with van der Waals surface area (Å²) in [6.07, 6.45) is 0.931. The molecule has 0 spiro atoms. The summed E-state index contributed by atoms with van der Waals surface area (Å²) >= 11 is 8.33. The molecule has 0 bridgehead atoms. The Kier molecular flexibility index (Phi) is 5.67. The fourth-order valence-electron chi connectivity index (χ4n) is 1.50. The summed E-state index contributed by atoms with van der Waals surface area (Å²) in [5.41, 5.74) is 0.794. The van der Waals surface area contributed by atoms with Crippen molar-refractivity contribution < 1.29 is 4.79 Å². The topological polar surface area (TPSA) is 29.1 Å². The summed E-state index contributed by atoms with van der Waals surface area (Å²) in [6, 6.07) is 2.03. The smallest absolute Gasteiger partial charge is 0.252 e. The summed E-state index contributed by atoms with van der Waals surface area (Å²) < 4.78 is 0.982. The number of carbonyl (C=O) groups excluding carboxylic acids is 1. The van der Waals surface area contributed by atoms with E-state index in [4.69, 9.17) is 0 Å². The SMILES string of the molecule is CC(C)(C)C(CCBr)NC(=O)c1csc(Br)c1. The van der Waals surface area contributed by atoms with Crippen LogP contribution in [0.5, 0.6) is 0 Å². The van der Waals surface area contributed by atoms with Gasteiger partial charge >= 0.3 is 0 Å². The van der Waals surface area contributed by atoms with Crippen LogP contribution in [0, 0.1) is 5.41 Å². The fourth-order valence-corrected chi connectivity index (χ4v) is 3.10. The average Bonchev–Trinajstić information content (AvgIpc) is 2.62. The molecule has 0 aromatic carbocycles. The first-order valence-electron chi connectivity index (χ1n) is 5.45. The minimum atomic E-state index is 0.00725. The molecule has 1 amide bonds. The van der Waals surface area contributed by atoms with E-state index in [1.54, 1.807) is 0 Å². The lowest BCUT2D eigenvalue weighted by molar-refractivity contribution is 0.0901. The van der Waals surface area contributed by atoms with Crippen LogP contribution in [-0.4, -0.2) is 17.3 Å². The molecule has 0 aliphatic carbocycles. The molecule has 1 rings (SSSR count). The Morgan fingerprint density at radius 2 is 2.18 bits per heavy atom. The third-order valence-electron chi connectivity index (χ3n) is 2.58. The van der Waals surface area contributed by atoms with Gasteiger partial charge in [0.2, 0.25) is 0 Å². The lowest BCUT2D eigenvalue weighted by Gasteiger charge is -2.31. The van der Waals surface area contributed by atoms with E-state index < -0.39 is 0 Å². The van der Waals surface area contributed by atoms with Gasteiger partial charge in [-0.3, -0.25) is 4.79 Å². The van der Waals surface area contributed by atoms with Crippen LogP contribution in [0.15, 0.2) is 15.2 Å². The van der Waals surface area contributed by atoms with Crippen molar-refractivity contribution in [1.29, 1.82) is 0 Å². The van der Waals surface area contributed by atoms with Crippen LogP contribution >= 0.6 is 43.2 Å². The summed E-state index contributed by atoms with van der Waals surface area (Å²) in [5, 5.41) is 5.86. The molecule has 5 heteroatoms. The summed E-state index contributed by atoms with van der Waals surface area (Å²) in [7, 11) is 0. The van der Waals surface area contributed by atoms with Crippen LogP contribution in [0.1, 0.15) is 37.6 Å². The Hall–Kier alpha value is 0.130. The number of alkyl halides is 1. The normalized spacial score (nSPS) is 13.5. The molecule has 1 aromatic heterocycles. The molecule has 1 aromatic rings. The van der Waals surface area contributed by atoms with Crippen molar-refractivity contribution in [3.8, 4) is 0 Å². The molecule has 1 heterocycles. The highest BCUT2D eigenvalue weighted by molar-refractivity contribution is 9.11. The molecule has 0 aliphatic heterocycles. The van der Waals surface area contributed by atoms with Gasteiger partial charge in [-0.25, -0.2) is 0 Å². The van der Waals surface area contributed by atoms with Gasteiger partial charge in [0.05, 0.1) is 9.35 Å². The lowest BCUT2D eigenvalue weighted by Crippen LogP contribution is -2.43. The quantitative estimate of drug-likeness (QED) is 0.766. The number of nitrogens with one attached hydrogen (secondary N) is 1. The molecular weight excluding hydrogens is 366 g/mol. The molecule has 0 fully saturated rings.